The third kappa shape index (κ3) is 5.64. The molecule has 1 N–H and O–H groups in total. The van der Waals surface area contributed by atoms with Gasteiger partial charge in [0.25, 0.3) is 0 Å². The maximum absolute atomic E-state index is 9.04. The van der Waals surface area contributed by atoms with Crippen molar-refractivity contribution >= 4 is 0 Å². The zero-order valence-corrected chi connectivity index (χ0v) is 10.4. The fourth-order valence-corrected chi connectivity index (χ4v) is 2.18. The van der Waals surface area contributed by atoms with Crippen molar-refractivity contribution < 1.29 is 5.11 Å². The van der Waals surface area contributed by atoms with E-state index >= 15 is 0 Å². The molecule has 14 heavy (non-hydrogen) atoms. The van der Waals surface area contributed by atoms with Crippen LogP contribution in [-0.4, -0.2) is 11.7 Å². The van der Waals surface area contributed by atoms with E-state index in [9.17, 15) is 0 Å². The SMILES string of the molecule is CCCC(C)C(CCO)CC(C)CC. The van der Waals surface area contributed by atoms with Crippen molar-refractivity contribution in [3.63, 3.8) is 0 Å². The largest absolute Gasteiger partial charge is 0.396 e. The average Bonchev–Trinajstić information content (AvgIpc) is 2.17. The quantitative estimate of drug-likeness (QED) is 0.631. The van der Waals surface area contributed by atoms with Gasteiger partial charge in [-0.1, -0.05) is 47.0 Å². The Hall–Kier alpha value is -0.0400. The molecule has 0 heterocycles. The van der Waals surface area contributed by atoms with Crippen LogP contribution in [0.5, 0.6) is 0 Å². The molecule has 3 unspecified atom stereocenters. The lowest BCUT2D eigenvalue weighted by Crippen LogP contribution is -2.16. The molecule has 0 saturated heterocycles. The van der Waals surface area contributed by atoms with Crippen LogP contribution < -0.4 is 0 Å². The van der Waals surface area contributed by atoms with E-state index in [1.165, 1.54) is 25.7 Å². The highest BCUT2D eigenvalue weighted by Gasteiger charge is 2.18. The van der Waals surface area contributed by atoms with E-state index in [1.807, 2.05) is 0 Å². The summed E-state index contributed by atoms with van der Waals surface area (Å²) in [7, 11) is 0. The highest BCUT2D eigenvalue weighted by Crippen LogP contribution is 2.27. The van der Waals surface area contributed by atoms with Gasteiger partial charge in [0.15, 0.2) is 0 Å². The summed E-state index contributed by atoms with van der Waals surface area (Å²) < 4.78 is 0. The van der Waals surface area contributed by atoms with Gasteiger partial charge in [-0.2, -0.15) is 0 Å². The molecule has 1 nitrogen and oxygen atoms in total. The molecule has 0 saturated carbocycles. The van der Waals surface area contributed by atoms with Crippen LogP contribution in [0.25, 0.3) is 0 Å². The highest BCUT2D eigenvalue weighted by atomic mass is 16.3. The van der Waals surface area contributed by atoms with Crippen LogP contribution in [0.1, 0.15) is 59.8 Å². The third-order valence-corrected chi connectivity index (χ3v) is 3.45. The lowest BCUT2D eigenvalue weighted by molar-refractivity contribution is 0.194. The fraction of sp³-hybridized carbons (Fsp3) is 1.00. The van der Waals surface area contributed by atoms with Crippen molar-refractivity contribution in [2.45, 2.75) is 59.8 Å². The maximum Gasteiger partial charge on any atom is 0.0433 e. The van der Waals surface area contributed by atoms with Gasteiger partial charge < -0.3 is 5.11 Å². The first kappa shape index (κ1) is 14.0. The molecule has 0 fully saturated rings. The Morgan fingerprint density at radius 2 is 1.71 bits per heavy atom. The monoisotopic (exact) mass is 200 g/mol. The topological polar surface area (TPSA) is 20.2 Å². The summed E-state index contributed by atoms with van der Waals surface area (Å²) in [6.07, 6.45) is 6.12. The zero-order valence-electron chi connectivity index (χ0n) is 10.4. The smallest absolute Gasteiger partial charge is 0.0433 e. The minimum absolute atomic E-state index is 0.356. The van der Waals surface area contributed by atoms with Crippen molar-refractivity contribution in [3.8, 4) is 0 Å². The van der Waals surface area contributed by atoms with E-state index in [4.69, 9.17) is 5.11 Å². The molecule has 0 aromatic carbocycles. The summed E-state index contributed by atoms with van der Waals surface area (Å²) >= 11 is 0. The van der Waals surface area contributed by atoms with Crippen molar-refractivity contribution in [2.24, 2.45) is 17.8 Å². The number of hydrogen-bond donors (Lipinski definition) is 1. The minimum Gasteiger partial charge on any atom is -0.396 e. The van der Waals surface area contributed by atoms with Gasteiger partial charge >= 0.3 is 0 Å². The molecule has 0 bridgehead atoms. The molecular formula is C13H28O. The summed E-state index contributed by atoms with van der Waals surface area (Å²) in [6, 6.07) is 0. The molecule has 86 valence electrons. The van der Waals surface area contributed by atoms with Gasteiger partial charge in [-0.15, -0.1) is 0 Å². The lowest BCUT2D eigenvalue weighted by atomic mass is 9.81. The van der Waals surface area contributed by atoms with Crippen molar-refractivity contribution in [1.29, 1.82) is 0 Å². The Bertz CT molecular complexity index is 122. The van der Waals surface area contributed by atoms with E-state index in [-0.39, 0.29) is 0 Å². The van der Waals surface area contributed by atoms with E-state index in [1.54, 1.807) is 0 Å². The summed E-state index contributed by atoms with van der Waals surface area (Å²) in [5, 5.41) is 9.04. The molecule has 1 heteroatoms. The number of aliphatic hydroxyl groups is 1. The Kier molecular flexibility index (Phi) is 8.26. The van der Waals surface area contributed by atoms with Gasteiger partial charge in [-0.25, -0.2) is 0 Å². The summed E-state index contributed by atoms with van der Waals surface area (Å²) in [6.45, 7) is 9.52. The predicted octanol–water partition coefficient (Wildman–Crippen LogP) is 3.86. The standard InChI is InChI=1S/C13H28O/c1-5-7-12(4)13(8-9-14)10-11(3)6-2/h11-14H,5-10H2,1-4H3. The van der Waals surface area contributed by atoms with Crippen molar-refractivity contribution in [2.75, 3.05) is 6.61 Å². The Labute approximate surface area is 89.9 Å². The first-order valence-electron chi connectivity index (χ1n) is 6.26. The number of rotatable bonds is 8. The maximum atomic E-state index is 9.04. The second-order valence-corrected chi connectivity index (χ2v) is 4.79. The van der Waals surface area contributed by atoms with Gasteiger partial charge in [-0.05, 0) is 30.6 Å². The molecule has 0 amide bonds. The first-order chi connectivity index (χ1) is 6.65. The van der Waals surface area contributed by atoms with Crippen LogP contribution in [0.3, 0.4) is 0 Å². The molecule has 3 atom stereocenters. The molecular weight excluding hydrogens is 172 g/mol. The zero-order chi connectivity index (χ0) is 11.0. The second-order valence-electron chi connectivity index (χ2n) is 4.79. The van der Waals surface area contributed by atoms with E-state index in [2.05, 4.69) is 27.7 Å². The van der Waals surface area contributed by atoms with Gasteiger partial charge in [0, 0.05) is 6.61 Å². The van der Waals surface area contributed by atoms with Crippen LogP contribution in [0.4, 0.5) is 0 Å². The Morgan fingerprint density at radius 3 is 2.14 bits per heavy atom. The Morgan fingerprint density at radius 1 is 1.07 bits per heavy atom. The van der Waals surface area contributed by atoms with Crippen LogP contribution in [0.2, 0.25) is 0 Å². The van der Waals surface area contributed by atoms with Gasteiger partial charge in [0.2, 0.25) is 0 Å². The molecule has 0 spiro atoms. The molecule has 0 aromatic heterocycles. The predicted molar refractivity (Wildman–Crippen MR) is 63.3 cm³/mol. The second kappa shape index (κ2) is 8.28. The minimum atomic E-state index is 0.356. The van der Waals surface area contributed by atoms with Gasteiger partial charge in [0.05, 0.1) is 0 Å². The fourth-order valence-electron chi connectivity index (χ4n) is 2.18. The van der Waals surface area contributed by atoms with Crippen LogP contribution in [0, 0.1) is 17.8 Å². The number of aliphatic hydroxyl groups excluding tert-OH is 1. The van der Waals surface area contributed by atoms with Crippen LogP contribution >= 0.6 is 0 Å². The molecule has 0 aliphatic rings. The van der Waals surface area contributed by atoms with E-state index in [0.717, 1.165) is 24.2 Å². The van der Waals surface area contributed by atoms with Crippen LogP contribution in [0.15, 0.2) is 0 Å². The molecule has 0 radical (unpaired) electrons. The van der Waals surface area contributed by atoms with Crippen molar-refractivity contribution in [3.05, 3.63) is 0 Å². The lowest BCUT2D eigenvalue weighted by Gasteiger charge is -2.25. The highest BCUT2D eigenvalue weighted by molar-refractivity contribution is 4.69. The van der Waals surface area contributed by atoms with E-state index in [0.29, 0.717) is 6.61 Å². The summed E-state index contributed by atoms with van der Waals surface area (Å²) in [5.41, 5.74) is 0. The molecule has 0 aliphatic carbocycles. The summed E-state index contributed by atoms with van der Waals surface area (Å²) in [5.74, 6) is 2.32. The van der Waals surface area contributed by atoms with Crippen molar-refractivity contribution in [1.82, 2.24) is 0 Å². The van der Waals surface area contributed by atoms with E-state index < -0.39 is 0 Å². The molecule has 0 aromatic rings. The first-order valence-corrected chi connectivity index (χ1v) is 6.26. The van der Waals surface area contributed by atoms with Crippen LogP contribution in [-0.2, 0) is 0 Å². The normalized spacial score (nSPS) is 17.8. The Balaban J connectivity index is 3.98. The number of hydrogen-bond acceptors (Lipinski definition) is 1. The molecule has 0 aliphatic heterocycles. The summed E-state index contributed by atoms with van der Waals surface area (Å²) in [4.78, 5) is 0. The average molecular weight is 200 g/mol. The van der Waals surface area contributed by atoms with Gasteiger partial charge in [0.1, 0.15) is 0 Å². The van der Waals surface area contributed by atoms with Gasteiger partial charge in [-0.3, -0.25) is 0 Å². The molecule has 0 rings (SSSR count). The third-order valence-electron chi connectivity index (χ3n) is 3.45.